The number of fused-ring (bicyclic) bond motifs is 2. The highest BCUT2D eigenvalue weighted by Gasteiger charge is 2.34. The predicted octanol–water partition coefficient (Wildman–Crippen LogP) is 6.19. The number of aryl methyl sites for hydroxylation is 1. The fourth-order valence-corrected chi connectivity index (χ4v) is 5.50. The summed E-state index contributed by atoms with van der Waals surface area (Å²) in [6, 6.07) is 20.6. The second kappa shape index (κ2) is 9.88. The first-order valence-electron chi connectivity index (χ1n) is 12.4. The Morgan fingerprint density at radius 2 is 1.81 bits per heavy atom. The predicted molar refractivity (Wildman–Crippen MR) is 144 cm³/mol. The van der Waals surface area contributed by atoms with E-state index < -0.39 is 0 Å². The Labute approximate surface area is 215 Å². The average Bonchev–Trinajstić information content (AvgIpc) is 3.49. The van der Waals surface area contributed by atoms with Gasteiger partial charge >= 0.3 is 0 Å². The van der Waals surface area contributed by atoms with E-state index in [9.17, 15) is 5.11 Å². The first-order chi connectivity index (χ1) is 17.6. The minimum Gasteiger partial charge on any atom is -0.391 e. The van der Waals surface area contributed by atoms with Crippen LogP contribution in [0.15, 0.2) is 79.4 Å². The number of nitrogens with zero attached hydrogens (tertiary/aromatic N) is 4. The first-order valence-corrected chi connectivity index (χ1v) is 12.8. The van der Waals surface area contributed by atoms with Crippen molar-refractivity contribution in [2.75, 3.05) is 5.32 Å². The summed E-state index contributed by atoms with van der Waals surface area (Å²) in [5, 5.41) is 17.1. The molecule has 0 radical (unpaired) electrons. The maximum atomic E-state index is 10.8. The molecule has 2 aromatic carbocycles. The Morgan fingerprint density at radius 1 is 0.972 bits per heavy atom. The van der Waals surface area contributed by atoms with E-state index in [1.165, 1.54) is 5.56 Å². The zero-order valence-corrected chi connectivity index (χ0v) is 20.6. The van der Waals surface area contributed by atoms with E-state index in [4.69, 9.17) is 16.6 Å². The van der Waals surface area contributed by atoms with Gasteiger partial charge in [0, 0.05) is 34.7 Å². The third-order valence-corrected chi connectivity index (χ3v) is 7.57. The molecule has 0 saturated heterocycles. The minimum absolute atomic E-state index is 0.0648. The van der Waals surface area contributed by atoms with Crippen molar-refractivity contribution in [3.05, 3.63) is 95.5 Å². The first kappa shape index (κ1) is 23.0. The fraction of sp³-hybridized carbons (Fsp3) is 0.276. The summed E-state index contributed by atoms with van der Waals surface area (Å²) in [5.41, 5.74) is 4.33. The van der Waals surface area contributed by atoms with Gasteiger partial charge in [-0.3, -0.25) is 0 Å². The molecule has 0 spiro atoms. The van der Waals surface area contributed by atoms with Crippen LogP contribution in [0.4, 0.5) is 5.82 Å². The van der Waals surface area contributed by atoms with E-state index in [0.717, 1.165) is 64.0 Å². The molecule has 3 heterocycles. The minimum atomic E-state index is -0.354. The van der Waals surface area contributed by atoms with Gasteiger partial charge < -0.3 is 15.0 Å². The number of hydrogen-bond acceptors (Lipinski definition) is 5. The second-order valence-corrected chi connectivity index (χ2v) is 10.2. The molecule has 3 atom stereocenters. The number of anilines is 1. The van der Waals surface area contributed by atoms with Gasteiger partial charge in [-0.2, -0.15) is 0 Å². The Hall–Kier alpha value is -3.48. The van der Waals surface area contributed by atoms with Gasteiger partial charge in [-0.1, -0.05) is 35.9 Å². The molecule has 6 nitrogen and oxygen atoms in total. The monoisotopic (exact) mass is 497 g/mol. The number of rotatable bonds is 7. The van der Waals surface area contributed by atoms with Crippen LogP contribution in [0, 0.1) is 5.92 Å². The van der Waals surface area contributed by atoms with Gasteiger partial charge in [0.1, 0.15) is 17.8 Å². The van der Waals surface area contributed by atoms with Crippen molar-refractivity contribution in [1.82, 2.24) is 19.5 Å². The van der Waals surface area contributed by atoms with Gasteiger partial charge in [0.05, 0.1) is 17.7 Å². The number of benzene rings is 2. The molecule has 36 heavy (non-hydrogen) atoms. The van der Waals surface area contributed by atoms with Crippen LogP contribution in [0.25, 0.3) is 21.9 Å². The van der Waals surface area contributed by atoms with Crippen LogP contribution >= 0.6 is 11.6 Å². The summed E-state index contributed by atoms with van der Waals surface area (Å²) < 4.78 is 2.13. The van der Waals surface area contributed by atoms with Gasteiger partial charge in [0.2, 0.25) is 0 Å². The third-order valence-electron chi connectivity index (χ3n) is 7.31. The Balaban J connectivity index is 1.10. The van der Waals surface area contributed by atoms with Crippen molar-refractivity contribution in [2.45, 2.75) is 44.4 Å². The Kier molecular flexibility index (Phi) is 6.30. The maximum absolute atomic E-state index is 10.8. The molecule has 0 amide bonds. The quantitative estimate of drug-likeness (QED) is 0.280. The number of pyridine rings is 1. The molecule has 0 unspecified atom stereocenters. The standard InChI is InChI=1S/C29H28ClN5O/c30-24-8-4-20(5-9-24)16-32-28-10-7-22-6-3-19(13-25(22)34-28)1-2-21-14-26(27(36)15-21)35-12-11-23-17-31-18-33-29(23)35/h3-13,17-18,21,26-27,36H,1-2,14-16H2,(H,32,34)/t21-,26+,27+/m0/s1. The van der Waals surface area contributed by atoms with Gasteiger partial charge in [-0.25, -0.2) is 15.0 Å². The Morgan fingerprint density at radius 3 is 2.69 bits per heavy atom. The number of halogens is 1. The van der Waals surface area contributed by atoms with Crippen LogP contribution in [0.2, 0.25) is 5.02 Å². The van der Waals surface area contributed by atoms with Crippen molar-refractivity contribution >= 4 is 39.4 Å². The Bertz CT molecular complexity index is 1500. The summed E-state index contributed by atoms with van der Waals surface area (Å²) in [4.78, 5) is 13.4. The third kappa shape index (κ3) is 4.79. The molecule has 1 saturated carbocycles. The molecule has 2 N–H and O–H groups in total. The van der Waals surface area contributed by atoms with E-state index >= 15 is 0 Å². The van der Waals surface area contributed by atoms with E-state index in [1.54, 1.807) is 6.33 Å². The van der Waals surface area contributed by atoms with Crippen LogP contribution in [-0.2, 0) is 13.0 Å². The molecule has 0 aliphatic heterocycles. The van der Waals surface area contributed by atoms with Gasteiger partial charge in [-0.05, 0) is 79.1 Å². The van der Waals surface area contributed by atoms with Crippen molar-refractivity contribution < 1.29 is 5.11 Å². The van der Waals surface area contributed by atoms with Crippen LogP contribution in [0.3, 0.4) is 0 Å². The van der Waals surface area contributed by atoms with E-state index in [2.05, 4.69) is 44.1 Å². The largest absolute Gasteiger partial charge is 0.391 e. The molecule has 1 aliphatic carbocycles. The summed E-state index contributed by atoms with van der Waals surface area (Å²) in [6.07, 6.45) is 8.87. The summed E-state index contributed by atoms with van der Waals surface area (Å²) >= 11 is 5.98. The molecule has 5 aromatic rings. The van der Waals surface area contributed by atoms with Crippen LogP contribution < -0.4 is 5.32 Å². The number of hydrogen-bond donors (Lipinski definition) is 2. The number of aromatic nitrogens is 4. The number of aliphatic hydroxyl groups excluding tert-OH is 1. The number of nitrogens with one attached hydrogen (secondary N) is 1. The molecular weight excluding hydrogens is 470 g/mol. The topological polar surface area (TPSA) is 75.9 Å². The van der Waals surface area contributed by atoms with Crippen molar-refractivity contribution in [3.63, 3.8) is 0 Å². The summed E-state index contributed by atoms with van der Waals surface area (Å²) in [5.74, 6) is 1.33. The van der Waals surface area contributed by atoms with Crippen LogP contribution in [0.1, 0.15) is 36.4 Å². The van der Waals surface area contributed by atoms with E-state index in [1.807, 2.05) is 48.8 Å². The van der Waals surface area contributed by atoms with Crippen molar-refractivity contribution in [1.29, 1.82) is 0 Å². The number of aliphatic hydroxyl groups is 1. The van der Waals surface area contributed by atoms with E-state index in [-0.39, 0.29) is 12.1 Å². The molecule has 0 bridgehead atoms. The SMILES string of the molecule is O[C@@H]1C[C@@H](CCc2ccc3ccc(NCc4ccc(Cl)cc4)nc3c2)C[C@H]1n1ccc2cncnc21. The molecular formula is C29H28ClN5O. The maximum Gasteiger partial charge on any atom is 0.143 e. The van der Waals surface area contributed by atoms with E-state index in [0.29, 0.717) is 12.5 Å². The zero-order chi connectivity index (χ0) is 24.5. The zero-order valence-electron chi connectivity index (χ0n) is 19.9. The lowest BCUT2D eigenvalue weighted by molar-refractivity contribution is 0.136. The summed E-state index contributed by atoms with van der Waals surface area (Å²) in [7, 11) is 0. The molecule has 1 aliphatic rings. The summed E-state index contributed by atoms with van der Waals surface area (Å²) in [6.45, 7) is 0.698. The second-order valence-electron chi connectivity index (χ2n) is 9.74. The molecule has 182 valence electrons. The lowest BCUT2D eigenvalue weighted by Gasteiger charge is -2.17. The van der Waals surface area contributed by atoms with Gasteiger partial charge in [0.25, 0.3) is 0 Å². The lowest BCUT2D eigenvalue weighted by Crippen LogP contribution is -2.17. The van der Waals surface area contributed by atoms with Gasteiger partial charge in [-0.15, -0.1) is 0 Å². The molecule has 1 fully saturated rings. The highest BCUT2D eigenvalue weighted by Crippen LogP contribution is 2.39. The van der Waals surface area contributed by atoms with Gasteiger partial charge in [0.15, 0.2) is 0 Å². The normalized spacial score (nSPS) is 19.8. The molecule has 3 aromatic heterocycles. The highest BCUT2D eigenvalue weighted by molar-refractivity contribution is 6.30. The lowest BCUT2D eigenvalue weighted by atomic mass is 9.97. The highest BCUT2D eigenvalue weighted by atomic mass is 35.5. The fourth-order valence-electron chi connectivity index (χ4n) is 5.38. The average molecular weight is 498 g/mol. The van der Waals surface area contributed by atoms with Crippen molar-refractivity contribution in [3.8, 4) is 0 Å². The van der Waals surface area contributed by atoms with Crippen LogP contribution in [0.5, 0.6) is 0 Å². The molecule has 6 rings (SSSR count). The molecule has 7 heteroatoms. The smallest absolute Gasteiger partial charge is 0.143 e. The van der Waals surface area contributed by atoms with Crippen LogP contribution in [-0.4, -0.2) is 30.7 Å². The van der Waals surface area contributed by atoms with Crippen molar-refractivity contribution in [2.24, 2.45) is 5.92 Å².